The zero-order valence-electron chi connectivity index (χ0n) is 13.0. The Morgan fingerprint density at radius 1 is 0.682 bits per heavy atom. The van der Waals surface area contributed by atoms with Crippen LogP contribution in [0.1, 0.15) is 70.4 Å². The van der Waals surface area contributed by atoms with Crippen LogP contribution in [0.4, 0.5) is 0 Å². The Bertz CT molecular complexity index is 632. The van der Waals surface area contributed by atoms with Crippen LogP contribution in [0.5, 0.6) is 0 Å². The van der Waals surface area contributed by atoms with Gasteiger partial charge < -0.3 is 0 Å². The van der Waals surface area contributed by atoms with Gasteiger partial charge in [-0.05, 0) is 49.7 Å². The maximum absolute atomic E-state index is 11.4. The van der Waals surface area contributed by atoms with E-state index in [4.69, 9.17) is 0 Å². The molecule has 0 spiro atoms. The molecule has 2 aromatic rings. The summed E-state index contributed by atoms with van der Waals surface area (Å²) in [6.07, 6.45) is 2.36. The first-order chi connectivity index (χ1) is 10.6. The highest BCUT2D eigenvalue weighted by Crippen LogP contribution is 2.49. The van der Waals surface area contributed by atoms with Crippen molar-refractivity contribution in [1.82, 2.24) is 0 Å². The second kappa shape index (κ2) is 5.88. The van der Waals surface area contributed by atoms with Crippen molar-refractivity contribution in [3.05, 3.63) is 70.8 Å². The van der Waals surface area contributed by atoms with Crippen LogP contribution in [-0.2, 0) is 0 Å². The summed E-state index contributed by atoms with van der Waals surface area (Å²) in [5.74, 6) is 1.25. The summed E-state index contributed by atoms with van der Waals surface area (Å²) in [6.45, 7) is 3.19. The fourth-order valence-corrected chi connectivity index (χ4v) is 3.23. The van der Waals surface area contributed by atoms with E-state index in [0.29, 0.717) is 11.8 Å². The van der Waals surface area contributed by atoms with Crippen LogP contribution in [0.3, 0.4) is 0 Å². The number of hydrogen-bond donors (Lipinski definition) is 0. The predicted octanol–water partition coefficient (Wildman–Crippen LogP) is 4.75. The van der Waals surface area contributed by atoms with Crippen molar-refractivity contribution in [2.24, 2.45) is 0 Å². The Morgan fingerprint density at radius 3 is 1.23 bits per heavy atom. The Kier molecular flexibility index (Phi) is 3.93. The van der Waals surface area contributed by atoms with Gasteiger partial charge >= 0.3 is 0 Å². The first kappa shape index (κ1) is 14.7. The van der Waals surface area contributed by atoms with E-state index in [1.54, 1.807) is 13.8 Å². The van der Waals surface area contributed by atoms with Crippen molar-refractivity contribution in [2.45, 2.75) is 38.5 Å². The average Bonchev–Trinajstić information content (AvgIpc) is 2.47. The minimum absolute atomic E-state index is 0.108. The number of ketones is 2. The quantitative estimate of drug-likeness (QED) is 0.762. The van der Waals surface area contributed by atoms with Gasteiger partial charge in [-0.25, -0.2) is 0 Å². The van der Waals surface area contributed by atoms with Crippen LogP contribution in [0.15, 0.2) is 48.5 Å². The monoisotopic (exact) mass is 292 g/mol. The zero-order valence-corrected chi connectivity index (χ0v) is 13.0. The lowest BCUT2D eigenvalue weighted by molar-refractivity contribution is 0.100. The van der Waals surface area contributed by atoms with E-state index in [0.717, 1.165) is 11.1 Å². The number of benzene rings is 2. The molecule has 0 amide bonds. The third-order valence-corrected chi connectivity index (χ3v) is 4.77. The Balaban J connectivity index is 1.78. The Hall–Kier alpha value is -2.22. The van der Waals surface area contributed by atoms with E-state index < -0.39 is 0 Å². The summed E-state index contributed by atoms with van der Waals surface area (Å²) >= 11 is 0. The van der Waals surface area contributed by atoms with Gasteiger partial charge in [0.25, 0.3) is 0 Å². The average molecular weight is 292 g/mol. The maximum Gasteiger partial charge on any atom is 0.159 e. The molecular formula is C20H20O2. The van der Waals surface area contributed by atoms with Crippen LogP contribution < -0.4 is 0 Å². The molecular weight excluding hydrogens is 272 g/mol. The van der Waals surface area contributed by atoms with Crippen LogP contribution in [0.2, 0.25) is 0 Å². The Morgan fingerprint density at radius 2 is 1.00 bits per heavy atom. The topological polar surface area (TPSA) is 34.1 Å². The molecule has 112 valence electrons. The van der Waals surface area contributed by atoms with Crippen LogP contribution in [-0.4, -0.2) is 11.6 Å². The molecule has 0 heterocycles. The number of Topliss-reactive ketones (excluding diaryl/α,β-unsaturated/α-hetero) is 2. The van der Waals surface area contributed by atoms with Crippen LogP contribution >= 0.6 is 0 Å². The lowest BCUT2D eigenvalue weighted by Crippen LogP contribution is -2.21. The van der Waals surface area contributed by atoms with Gasteiger partial charge in [-0.15, -0.1) is 0 Å². The van der Waals surface area contributed by atoms with Crippen molar-refractivity contribution < 1.29 is 9.59 Å². The maximum atomic E-state index is 11.4. The molecule has 0 N–H and O–H groups in total. The molecule has 1 aliphatic carbocycles. The standard InChI is InChI=1S/C20H20O2/c1-13(21)15-3-7-17(8-4-15)19-11-12-20(19)18-9-5-16(6-10-18)14(2)22/h3-10,19-20H,11-12H2,1-2H3/t19-,20-/m1/s1. The Labute approximate surface area is 131 Å². The molecule has 0 aliphatic heterocycles. The smallest absolute Gasteiger partial charge is 0.159 e. The molecule has 2 nitrogen and oxygen atoms in total. The van der Waals surface area contributed by atoms with E-state index in [2.05, 4.69) is 24.3 Å². The highest BCUT2D eigenvalue weighted by molar-refractivity contribution is 5.94. The zero-order chi connectivity index (χ0) is 15.7. The van der Waals surface area contributed by atoms with Crippen molar-refractivity contribution in [2.75, 3.05) is 0 Å². The highest BCUT2D eigenvalue weighted by Gasteiger charge is 2.33. The lowest BCUT2D eigenvalue weighted by Gasteiger charge is -2.37. The van der Waals surface area contributed by atoms with Gasteiger partial charge in [0.1, 0.15) is 0 Å². The molecule has 3 rings (SSSR count). The largest absolute Gasteiger partial charge is 0.295 e. The summed E-state index contributed by atoms with van der Waals surface area (Å²) in [4.78, 5) is 22.7. The minimum Gasteiger partial charge on any atom is -0.295 e. The molecule has 22 heavy (non-hydrogen) atoms. The van der Waals surface area contributed by atoms with E-state index in [9.17, 15) is 9.59 Å². The minimum atomic E-state index is 0.108. The summed E-state index contributed by atoms with van der Waals surface area (Å²) in [5.41, 5.74) is 4.14. The van der Waals surface area contributed by atoms with E-state index in [-0.39, 0.29) is 11.6 Å². The van der Waals surface area contributed by atoms with Gasteiger partial charge in [0.2, 0.25) is 0 Å². The summed E-state index contributed by atoms with van der Waals surface area (Å²) in [6, 6.07) is 16.0. The number of carbonyl (C=O) groups excluding carboxylic acids is 2. The molecule has 2 atom stereocenters. The molecule has 0 unspecified atom stereocenters. The predicted molar refractivity (Wildman–Crippen MR) is 87.6 cm³/mol. The van der Waals surface area contributed by atoms with Gasteiger partial charge in [0.05, 0.1) is 0 Å². The second-order valence-electron chi connectivity index (χ2n) is 6.15. The molecule has 2 heteroatoms. The van der Waals surface area contributed by atoms with Gasteiger partial charge in [-0.1, -0.05) is 48.5 Å². The van der Waals surface area contributed by atoms with E-state index >= 15 is 0 Å². The van der Waals surface area contributed by atoms with Gasteiger partial charge in [0.15, 0.2) is 11.6 Å². The molecule has 1 aliphatic rings. The lowest BCUT2D eigenvalue weighted by atomic mass is 9.67. The van der Waals surface area contributed by atoms with Gasteiger partial charge in [-0.2, -0.15) is 0 Å². The van der Waals surface area contributed by atoms with Crippen molar-refractivity contribution in [3.8, 4) is 0 Å². The first-order valence-corrected chi connectivity index (χ1v) is 7.78. The molecule has 0 bridgehead atoms. The highest BCUT2D eigenvalue weighted by atomic mass is 16.1. The van der Waals surface area contributed by atoms with Crippen molar-refractivity contribution in [3.63, 3.8) is 0 Å². The third kappa shape index (κ3) is 2.74. The molecule has 1 fully saturated rings. The second-order valence-corrected chi connectivity index (χ2v) is 6.15. The normalized spacial score (nSPS) is 20.3. The molecule has 0 saturated heterocycles. The van der Waals surface area contributed by atoms with Gasteiger partial charge in [0, 0.05) is 11.1 Å². The van der Waals surface area contributed by atoms with Gasteiger partial charge in [-0.3, -0.25) is 9.59 Å². The van der Waals surface area contributed by atoms with Crippen LogP contribution in [0.25, 0.3) is 0 Å². The van der Waals surface area contributed by atoms with Crippen molar-refractivity contribution in [1.29, 1.82) is 0 Å². The number of hydrogen-bond acceptors (Lipinski definition) is 2. The van der Waals surface area contributed by atoms with E-state index in [1.165, 1.54) is 24.0 Å². The summed E-state index contributed by atoms with van der Waals surface area (Å²) in [5, 5.41) is 0. The molecule has 2 aromatic carbocycles. The third-order valence-electron chi connectivity index (χ3n) is 4.77. The van der Waals surface area contributed by atoms with E-state index in [1.807, 2.05) is 24.3 Å². The molecule has 0 aromatic heterocycles. The van der Waals surface area contributed by atoms with Crippen LogP contribution in [0, 0.1) is 0 Å². The summed E-state index contributed by atoms with van der Waals surface area (Å²) < 4.78 is 0. The number of carbonyl (C=O) groups is 2. The summed E-state index contributed by atoms with van der Waals surface area (Å²) in [7, 11) is 0. The molecule has 0 radical (unpaired) electrons. The van der Waals surface area contributed by atoms with Crippen molar-refractivity contribution >= 4 is 11.6 Å². The first-order valence-electron chi connectivity index (χ1n) is 7.78. The number of rotatable bonds is 4. The fraction of sp³-hybridized carbons (Fsp3) is 0.300. The fourth-order valence-electron chi connectivity index (χ4n) is 3.23. The molecule has 1 saturated carbocycles. The SMILES string of the molecule is CC(=O)c1ccc([C@H]2CC[C@@H]2c2ccc(C(C)=O)cc2)cc1.